The molecule has 1 saturated heterocycles. The number of piperazine rings is 1. The van der Waals surface area contributed by atoms with E-state index in [1.807, 2.05) is 62.4 Å². The van der Waals surface area contributed by atoms with Crippen LogP contribution in [0, 0.1) is 13.8 Å². The van der Waals surface area contributed by atoms with E-state index in [9.17, 15) is 4.79 Å². The van der Waals surface area contributed by atoms with Gasteiger partial charge in [-0.05, 0) is 74.0 Å². The zero-order chi connectivity index (χ0) is 28.3. The third kappa shape index (κ3) is 6.18. The number of benzene rings is 3. The van der Waals surface area contributed by atoms with Crippen molar-refractivity contribution >= 4 is 23.4 Å². The number of allylic oxidation sites excluding steroid dienone is 1. The molecule has 0 saturated carbocycles. The number of hydrogen-bond donors (Lipinski definition) is 1. The Balaban J connectivity index is 1.21. The number of carbonyl (C=O) groups is 1. The van der Waals surface area contributed by atoms with Gasteiger partial charge in [0, 0.05) is 73.3 Å². The predicted molar refractivity (Wildman–Crippen MR) is 166 cm³/mol. The topological polar surface area (TPSA) is 57.7 Å². The summed E-state index contributed by atoms with van der Waals surface area (Å²) in [4.78, 5) is 22.8. The minimum atomic E-state index is -0.166. The van der Waals surface area contributed by atoms with Crippen molar-refractivity contribution in [3.8, 4) is 11.5 Å². The number of rotatable bonds is 7. The summed E-state index contributed by atoms with van der Waals surface area (Å²) in [6.45, 7) is 8.31. The standard InChI is InChI=1S/C35H36N4O2/c1-24-6-4-7-28(20-24)37-35(40)27-13-10-25(2)33(22-27)41-34-23-29(36-32-9-5-8-31(32)34)21-26-11-14-30(15-12-26)39-18-16-38(3)17-19-39/h4-8,10-15,20,22-23H,9,16-19,21H2,1-3H3,(H,37,40). The van der Waals surface area contributed by atoms with E-state index in [1.165, 1.54) is 11.3 Å². The Kier molecular flexibility index (Phi) is 7.57. The summed E-state index contributed by atoms with van der Waals surface area (Å²) in [6.07, 6.45) is 5.72. The maximum absolute atomic E-state index is 13.0. The third-order valence-corrected chi connectivity index (χ3v) is 7.88. The molecule has 2 aliphatic rings. The molecule has 41 heavy (non-hydrogen) atoms. The average Bonchev–Trinajstić information content (AvgIpc) is 3.44. The van der Waals surface area contributed by atoms with Gasteiger partial charge < -0.3 is 19.9 Å². The van der Waals surface area contributed by atoms with Gasteiger partial charge in [0.1, 0.15) is 11.5 Å². The molecule has 0 atom stereocenters. The summed E-state index contributed by atoms with van der Waals surface area (Å²) in [5.41, 5.74) is 8.89. The second kappa shape index (κ2) is 11.6. The van der Waals surface area contributed by atoms with Gasteiger partial charge in [-0.15, -0.1) is 0 Å². The average molecular weight is 545 g/mol. The summed E-state index contributed by atoms with van der Waals surface area (Å²) < 4.78 is 6.52. The van der Waals surface area contributed by atoms with Crippen LogP contribution >= 0.6 is 0 Å². The van der Waals surface area contributed by atoms with Crippen molar-refractivity contribution in [2.75, 3.05) is 43.4 Å². The highest BCUT2D eigenvalue weighted by Gasteiger charge is 2.18. The number of likely N-dealkylation sites (N-methyl/N-ethyl adjacent to an activating group) is 1. The van der Waals surface area contributed by atoms with E-state index in [4.69, 9.17) is 9.72 Å². The molecule has 6 rings (SSSR count). The largest absolute Gasteiger partial charge is 0.456 e. The van der Waals surface area contributed by atoms with Gasteiger partial charge in [0.2, 0.25) is 0 Å². The van der Waals surface area contributed by atoms with Crippen molar-refractivity contribution in [3.63, 3.8) is 0 Å². The van der Waals surface area contributed by atoms with E-state index in [0.717, 1.165) is 78.5 Å². The first-order valence-electron chi connectivity index (χ1n) is 14.3. The molecular formula is C35H36N4O2. The lowest BCUT2D eigenvalue weighted by atomic mass is 10.1. The first-order chi connectivity index (χ1) is 19.9. The van der Waals surface area contributed by atoms with Gasteiger partial charge >= 0.3 is 0 Å². The second-order valence-electron chi connectivity index (χ2n) is 11.1. The molecule has 2 heterocycles. The van der Waals surface area contributed by atoms with Crippen molar-refractivity contribution in [1.29, 1.82) is 0 Å². The van der Waals surface area contributed by atoms with Gasteiger partial charge in [0.15, 0.2) is 0 Å². The fourth-order valence-corrected chi connectivity index (χ4v) is 5.43. The first kappa shape index (κ1) is 26.8. The normalized spacial score (nSPS) is 14.7. The molecule has 1 N–H and O–H groups in total. The lowest BCUT2D eigenvalue weighted by Crippen LogP contribution is -2.44. The maximum atomic E-state index is 13.0. The van der Waals surface area contributed by atoms with E-state index in [2.05, 4.69) is 58.6 Å². The van der Waals surface area contributed by atoms with Gasteiger partial charge in [-0.3, -0.25) is 9.78 Å². The van der Waals surface area contributed by atoms with E-state index in [-0.39, 0.29) is 5.91 Å². The summed E-state index contributed by atoms with van der Waals surface area (Å²) in [5, 5.41) is 2.99. The summed E-state index contributed by atoms with van der Waals surface area (Å²) in [5.74, 6) is 1.27. The highest BCUT2D eigenvalue weighted by Crippen LogP contribution is 2.35. The third-order valence-electron chi connectivity index (χ3n) is 7.88. The first-order valence-corrected chi connectivity index (χ1v) is 14.3. The van der Waals surface area contributed by atoms with Crippen molar-refractivity contribution in [2.24, 2.45) is 0 Å². The van der Waals surface area contributed by atoms with Crippen LogP contribution in [0.5, 0.6) is 11.5 Å². The van der Waals surface area contributed by atoms with E-state index < -0.39 is 0 Å². The van der Waals surface area contributed by atoms with Crippen LogP contribution < -0.4 is 15.0 Å². The molecule has 1 amide bonds. The van der Waals surface area contributed by atoms with Crippen molar-refractivity contribution in [3.05, 3.63) is 118 Å². The predicted octanol–water partition coefficient (Wildman–Crippen LogP) is 6.65. The number of hydrogen-bond acceptors (Lipinski definition) is 5. The van der Waals surface area contributed by atoms with Crippen LogP contribution in [0.15, 0.2) is 78.9 Å². The van der Waals surface area contributed by atoms with Crippen LogP contribution in [0.3, 0.4) is 0 Å². The number of amides is 1. The number of pyridine rings is 1. The number of fused-ring (bicyclic) bond motifs is 1. The molecule has 6 nitrogen and oxygen atoms in total. The highest BCUT2D eigenvalue weighted by atomic mass is 16.5. The van der Waals surface area contributed by atoms with E-state index in [0.29, 0.717) is 11.3 Å². The van der Waals surface area contributed by atoms with Gasteiger partial charge in [-0.2, -0.15) is 0 Å². The van der Waals surface area contributed by atoms with Crippen LogP contribution in [0.2, 0.25) is 0 Å². The van der Waals surface area contributed by atoms with Crippen LogP contribution in [0.4, 0.5) is 11.4 Å². The fourth-order valence-electron chi connectivity index (χ4n) is 5.43. The molecule has 1 fully saturated rings. The number of aryl methyl sites for hydroxylation is 2. The molecule has 4 aromatic rings. The SMILES string of the molecule is Cc1cccc(NC(=O)c2ccc(C)c(Oc3cc(Cc4ccc(N5CCN(C)CC5)cc4)nc4c3C=CC4)c2)c1. The summed E-state index contributed by atoms with van der Waals surface area (Å²) in [6, 6.07) is 24.3. The highest BCUT2D eigenvalue weighted by molar-refractivity contribution is 6.04. The van der Waals surface area contributed by atoms with Gasteiger partial charge in [-0.1, -0.05) is 42.5 Å². The van der Waals surface area contributed by atoms with Crippen LogP contribution in [0.1, 0.15) is 44.0 Å². The minimum absolute atomic E-state index is 0.166. The molecular weight excluding hydrogens is 508 g/mol. The van der Waals surface area contributed by atoms with Gasteiger partial charge in [-0.25, -0.2) is 0 Å². The van der Waals surface area contributed by atoms with E-state index in [1.54, 1.807) is 0 Å². The molecule has 3 aromatic carbocycles. The Morgan fingerprint density at radius 3 is 2.51 bits per heavy atom. The van der Waals surface area contributed by atoms with Crippen LogP contribution in [-0.2, 0) is 12.8 Å². The smallest absolute Gasteiger partial charge is 0.255 e. The number of nitrogens with one attached hydrogen (secondary N) is 1. The Morgan fingerprint density at radius 1 is 0.927 bits per heavy atom. The van der Waals surface area contributed by atoms with Gasteiger partial charge in [0.05, 0.1) is 5.69 Å². The maximum Gasteiger partial charge on any atom is 0.255 e. The van der Waals surface area contributed by atoms with Crippen LogP contribution in [0.25, 0.3) is 6.08 Å². The molecule has 1 aliphatic carbocycles. The Morgan fingerprint density at radius 2 is 1.73 bits per heavy atom. The lowest BCUT2D eigenvalue weighted by Gasteiger charge is -2.34. The lowest BCUT2D eigenvalue weighted by molar-refractivity contribution is 0.102. The molecule has 1 aromatic heterocycles. The van der Waals surface area contributed by atoms with E-state index >= 15 is 0 Å². The minimum Gasteiger partial charge on any atom is -0.456 e. The van der Waals surface area contributed by atoms with Crippen molar-refractivity contribution in [2.45, 2.75) is 26.7 Å². The second-order valence-corrected chi connectivity index (χ2v) is 11.1. The fraction of sp³-hybridized carbons (Fsp3) is 0.257. The number of carbonyl (C=O) groups excluding carboxylic acids is 1. The number of ether oxygens (including phenoxy) is 1. The molecule has 6 heteroatoms. The Bertz CT molecular complexity index is 1600. The Hall–Kier alpha value is -4.42. The quantitative estimate of drug-likeness (QED) is 0.282. The zero-order valence-electron chi connectivity index (χ0n) is 24.0. The molecule has 208 valence electrons. The molecule has 0 bridgehead atoms. The van der Waals surface area contributed by atoms with Gasteiger partial charge in [0.25, 0.3) is 5.91 Å². The molecule has 1 aliphatic heterocycles. The van der Waals surface area contributed by atoms with Crippen molar-refractivity contribution in [1.82, 2.24) is 9.88 Å². The summed E-state index contributed by atoms with van der Waals surface area (Å²) in [7, 11) is 2.18. The number of anilines is 2. The number of aromatic nitrogens is 1. The Labute approximate surface area is 242 Å². The van der Waals surface area contributed by atoms with Crippen LogP contribution in [-0.4, -0.2) is 49.0 Å². The number of nitrogens with zero attached hydrogens (tertiary/aromatic N) is 3. The molecule has 0 unspecified atom stereocenters. The molecule has 0 spiro atoms. The monoisotopic (exact) mass is 544 g/mol. The zero-order valence-corrected chi connectivity index (χ0v) is 24.0. The summed E-state index contributed by atoms with van der Waals surface area (Å²) >= 11 is 0. The van der Waals surface area contributed by atoms with Crippen molar-refractivity contribution < 1.29 is 9.53 Å². The molecule has 0 radical (unpaired) electrons.